The summed E-state index contributed by atoms with van der Waals surface area (Å²) < 4.78 is 2.48. The summed E-state index contributed by atoms with van der Waals surface area (Å²) in [5.74, 6) is 0. The maximum atomic E-state index is 4.58. The summed E-state index contributed by atoms with van der Waals surface area (Å²) in [6.07, 6.45) is 3.88. The molecule has 0 fully saturated rings. The minimum absolute atomic E-state index is 0.000356. The first kappa shape index (κ1) is 24.5. The van der Waals surface area contributed by atoms with E-state index in [1.165, 1.54) is 61.1 Å². The molecular formula is C39H31N3. The summed E-state index contributed by atoms with van der Waals surface area (Å²) in [7, 11) is 0. The topological polar surface area (TPSA) is 11.4 Å². The number of para-hydroxylation sites is 5. The number of benzene rings is 5. The van der Waals surface area contributed by atoms with E-state index >= 15 is 0 Å². The van der Waals surface area contributed by atoms with Gasteiger partial charge >= 0.3 is 0 Å². The van der Waals surface area contributed by atoms with Crippen LogP contribution in [0.3, 0.4) is 0 Å². The Bertz CT molecular complexity index is 2130. The second-order valence-electron chi connectivity index (χ2n) is 11.2. The van der Waals surface area contributed by atoms with Gasteiger partial charge in [0.15, 0.2) is 0 Å². The number of hydrogen-bond donors (Lipinski definition) is 0. The van der Waals surface area contributed by atoms with E-state index in [9.17, 15) is 0 Å². The van der Waals surface area contributed by atoms with Crippen molar-refractivity contribution in [2.24, 2.45) is 0 Å². The van der Waals surface area contributed by atoms with E-state index in [-0.39, 0.29) is 6.17 Å². The molecule has 0 saturated carbocycles. The minimum atomic E-state index is -0.000356. The number of fused-ring (bicyclic) bond motifs is 9. The van der Waals surface area contributed by atoms with Crippen LogP contribution >= 0.6 is 0 Å². The SMILES string of the molecule is C=C/C=C(/C)C(=C)N1c2cccc3c2N(c2ccccc2-c2cccc4c5ccccc5n(c24)-c2ccccc2-3)[C@@H]1C. The van der Waals surface area contributed by atoms with Gasteiger partial charge in [0.2, 0.25) is 0 Å². The summed E-state index contributed by atoms with van der Waals surface area (Å²) in [6, 6.07) is 39.9. The summed E-state index contributed by atoms with van der Waals surface area (Å²) in [6.45, 7) is 12.9. The van der Waals surface area contributed by atoms with Gasteiger partial charge in [-0.05, 0) is 43.7 Å². The van der Waals surface area contributed by atoms with Crippen molar-refractivity contribution in [3.05, 3.63) is 146 Å². The molecule has 1 atom stereocenters. The van der Waals surface area contributed by atoms with E-state index in [0.717, 1.165) is 17.0 Å². The van der Waals surface area contributed by atoms with Crippen LogP contribution in [-0.2, 0) is 0 Å². The largest absolute Gasteiger partial charge is 0.319 e. The summed E-state index contributed by atoms with van der Waals surface area (Å²) in [4.78, 5) is 4.89. The van der Waals surface area contributed by atoms with Crippen molar-refractivity contribution in [3.8, 4) is 27.9 Å². The molecule has 0 unspecified atom stereocenters. The van der Waals surface area contributed by atoms with E-state index in [1.807, 2.05) is 12.2 Å². The Morgan fingerprint density at radius 3 is 2.07 bits per heavy atom. The molecule has 3 heteroatoms. The molecule has 0 radical (unpaired) electrons. The fourth-order valence-electron chi connectivity index (χ4n) is 7.15. The quantitative estimate of drug-likeness (QED) is 0.207. The minimum Gasteiger partial charge on any atom is -0.319 e. The third kappa shape index (κ3) is 3.22. The van der Waals surface area contributed by atoms with Crippen LogP contribution in [0.25, 0.3) is 49.7 Å². The maximum Gasteiger partial charge on any atom is 0.108 e. The van der Waals surface area contributed by atoms with Gasteiger partial charge in [0.05, 0.1) is 33.8 Å². The van der Waals surface area contributed by atoms with Crippen LogP contribution in [-0.4, -0.2) is 10.7 Å². The van der Waals surface area contributed by atoms with Crippen molar-refractivity contribution in [1.82, 2.24) is 4.57 Å². The molecule has 3 nitrogen and oxygen atoms in total. The highest BCUT2D eigenvalue weighted by Crippen LogP contribution is 2.55. The molecule has 42 heavy (non-hydrogen) atoms. The van der Waals surface area contributed by atoms with Crippen molar-refractivity contribution >= 4 is 38.9 Å². The molecule has 1 aromatic heterocycles. The predicted octanol–water partition coefficient (Wildman–Crippen LogP) is 10.4. The Balaban J connectivity index is 1.57. The summed E-state index contributed by atoms with van der Waals surface area (Å²) in [5.41, 5.74) is 14.1. The highest BCUT2D eigenvalue weighted by atomic mass is 15.4. The average Bonchev–Trinajstić information content (AvgIpc) is 3.52. The van der Waals surface area contributed by atoms with E-state index < -0.39 is 0 Å². The van der Waals surface area contributed by atoms with Gasteiger partial charge in [0, 0.05) is 38.7 Å². The van der Waals surface area contributed by atoms with Crippen molar-refractivity contribution < 1.29 is 0 Å². The molecule has 0 spiro atoms. The van der Waals surface area contributed by atoms with Gasteiger partial charge in [-0.3, -0.25) is 0 Å². The second kappa shape index (κ2) is 9.12. The van der Waals surface area contributed by atoms with E-state index in [2.05, 4.69) is 151 Å². The fraction of sp³-hybridized carbons (Fsp3) is 0.0769. The third-order valence-electron chi connectivity index (χ3n) is 8.96. The molecule has 6 aromatic rings. The van der Waals surface area contributed by atoms with Crippen molar-refractivity contribution in [2.45, 2.75) is 20.0 Å². The number of anilines is 3. The van der Waals surface area contributed by atoms with Crippen LogP contribution in [0, 0.1) is 0 Å². The molecule has 0 bridgehead atoms. The molecule has 2 aliphatic rings. The number of rotatable bonds is 3. The first-order chi connectivity index (χ1) is 20.6. The van der Waals surface area contributed by atoms with Crippen molar-refractivity contribution in [1.29, 1.82) is 0 Å². The summed E-state index contributed by atoms with van der Waals surface area (Å²) >= 11 is 0. The van der Waals surface area contributed by atoms with Crippen LogP contribution < -0.4 is 9.80 Å². The number of allylic oxidation sites excluding steroid dienone is 3. The Hall–Kier alpha value is -5.28. The average molecular weight is 542 g/mol. The third-order valence-corrected chi connectivity index (χ3v) is 8.96. The zero-order chi connectivity index (χ0) is 28.5. The Morgan fingerprint density at radius 2 is 1.26 bits per heavy atom. The highest BCUT2D eigenvalue weighted by Gasteiger charge is 2.39. The zero-order valence-corrected chi connectivity index (χ0v) is 23.9. The van der Waals surface area contributed by atoms with Crippen LogP contribution in [0.1, 0.15) is 13.8 Å². The fourth-order valence-corrected chi connectivity index (χ4v) is 7.15. The van der Waals surface area contributed by atoms with E-state index in [1.54, 1.807) is 0 Å². The lowest BCUT2D eigenvalue weighted by molar-refractivity contribution is 0.739. The van der Waals surface area contributed by atoms with Gasteiger partial charge in [-0.25, -0.2) is 0 Å². The van der Waals surface area contributed by atoms with Crippen LogP contribution in [0.5, 0.6) is 0 Å². The van der Waals surface area contributed by atoms with Gasteiger partial charge in [-0.15, -0.1) is 0 Å². The van der Waals surface area contributed by atoms with E-state index in [0.29, 0.717) is 0 Å². The van der Waals surface area contributed by atoms with Gasteiger partial charge in [-0.2, -0.15) is 0 Å². The zero-order valence-electron chi connectivity index (χ0n) is 23.9. The van der Waals surface area contributed by atoms with Gasteiger partial charge in [0.1, 0.15) is 6.17 Å². The molecule has 0 saturated heterocycles. The van der Waals surface area contributed by atoms with Gasteiger partial charge in [-0.1, -0.05) is 110 Å². The molecular weight excluding hydrogens is 510 g/mol. The van der Waals surface area contributed by atoms with Crippen LogP contribution in [0.4, 0.5) is 17.1 Å². The maximum absolute atomic E-state index is 4.58. The molecule has 3 heterocycles. The Labute approximate surface area is 246 Å². The lowest BCUT2D eigenvalue weighted by atomic mass is 9.95. The van der Waals surface area contributed by atoms with E-state index in [4.69, 9.17) is 0 Å². The lowest BCUT2D eigenvalue weighted by Crippen LogP contribution is -2.38. The number of aromatic nitrogens is 1. The standard InChI is InChI=1S/C39H31N3/c1-5-14-25(2)26(3)40-27(4)41-34-21-9-6-15-28(34)31-18-12-19-32-29-16-7-10-22-35(29)42(38(31)32)36-23-11-8-17-30(36)33-20-13-24-37(40)39(33)41/h5-24,27H,1,3H2,2,4H3/b25-14-/t27-/m1/s1. The predicted molar refractivity (Wildman–Crippen MR) is 179 cm³/mol. The Kier molecular flexibility index (Phi) is 5.32. The molecule has 2 aliphatic heterocycles. The molecule has 202 valence electrons. The first-order valence-electron chi connectivity index (χ1n) is 14.5. The highest BCUT2D eigenvalue weighted by molar-refractivity contribution is 6.16. The normalized spacial score (nSPS) is 15.4. The summed E-state index contributed by atoms with van der Waals surface area (Å²) in [5, 5.41) is 2.52. The number of hydrogen-bond acceptors (Lipinski definition) is 2. The van der Waals surface area contributed by atoms with Crippen molar-refractivity contribution in [3.63, 3.8) is 0 Å². The molecule has 0 amide bonds. The second-order valence-corrected chi connectivity index (χ2v) is 11.2. The van der Waals surface area contributed by atoms with Gasteiger partial charge < -0.3 is 14.4 Å². The van der Waals surface area contributed by atoms with Crippen LogP contribution in [0.2, 0.25) is 0 Å². The van der Waals surface area contributed by atoms with Crippen molar-refractivity contribution in [2.75, 3.05) is 9.80 Å². The molecule has 0 aliphatic carbocycles. The Morgan fingerprint density at radius 1 is 0.667 bits per heavy atom. The van der Waals surface area contributed by atoms with Crippen LogP contribution in [0.15, 0.2) is 146 Å². The number of nitrogens with zero attached hydrogens (tertiary/aromatic N) is 3. The first-order valence-corrected chi connectivity index (χ1v) is 14.5. The monoisotopic (exact) mass is 541 g/mol. The molecule has 0 N–H and O–H groups in total. The molecule has 8 rings (SSSR count). The smallest absolute Gasteiger partial charge is 0.108 e. The van der Waals surface area contributed by atoms with Gasteiger partial charge in [0.25, 0.3) is 0 Å². The lowest BCUT2D eigenvalue weighted by Gasteiger charge is -2.33. The molecule has 5 aromatic carbocycles.